The maximum atomic E-state index is 11.7. The van der Waals surface area contributed by atoms with Crippen molar-refractivity contribution >= 4 is 28.5 Å². The molecule has 0 atom stereocenters. The minimum atomic E-state index is -0.538. The van der Waals surface area contributed by atoms with Crippen molar-refractivity contribution in [2.24, 2.45) is 4.99 Å². The van der Waals surface area contributed by atoms with Crippen LogP contribution in [0.15, 0.2) is 33.8 Å². The second kappa shape index (κ2) is 7.66. The first-order chi connectivity index (χ1) is 8.69. The number of hydrogen-bond acceptors (Lipinski definition) is 5. The quantitative estimate of drug-likeness (QED) is 0.370. The molecule has 0 aliphatic heterocycles. The predicted molar refractivity (Wildman–Crippen MR) is 73.7 cm³/mol. The zero-order valence-electron chi connectivity index (χ0n) is 10.5. The molecule has 0 aliphatic carbocycles. The zero-order valence-corrected chi connectivity index (χ0v) is 11.4. The molecule has 5 heteroatoms. The summed E-state index contributed by atoms with van der Waals surface area (Å²) in [6.45, 7) is 3.92. The van der Waals surface area contributed by atoms with Crippen molar-refractivity contribution in [3.05, 3.63) is 28.8 Å². The Kier molecular flexibility index (Phi) is 6.14. The number of aliphatic imine (C=N–C) groups is 1. The third kappa shape index (κ3) is 4.33. The van der Waals surface area contributed by atoms with Gasteiger partial charge in [-0.25, -0.2) is 9.79 Å². The Morgan fingerprint density at radius 3 is 2.89 bits per heavy atom. The Morgan fingerprint density at radius 2 is 2.33 bits per heavy atom. The molecule has 0 saturated heterocycles. The molecule has 0 fully saturated rings. The molecule has 0 spiro atoms. The van der Waals surface area contributed by atoms with Crippen LogP contribution < -0.4 is 0 Å². The van der Waals surface area contributed by atoms with Gasteiger partial charge in [0.1, 0.15) is 16.3 Å². The van der Waals surface area contributed by atoms with Crippen molar-refractivity contribution in [2.75, 3.05) is 6.61 Å². The average molecular weight is 267 g/mol. The third-order valence-electron chi connectivity index (χ3n) is 2.12. The Morgan fingerprint density at radius 1 is 1.56 bits per heavy atom. The second-order valence-electron chi connectivity index (χ2n) is 3.54. The standard InChI is InChI=1S/C13H17NO3S/c1-3-6-11(15)10(13(16)17-4-2)9-14-12-7-5-8-18-12/h5,7-9,15H,3-4,6H2,1-2H3. The summed E-state index contributed by atoms with van der Waals surface area (Å²) in [7, 11) is 0. The Balaban J connectivity index is 2.91. The molecule has 0 bridgehead atoms. The number of hydrogen-bond donors (Lipinski definition) is 1. The fraction of sp³-hybridized carbons (Fsp3) is 0.385. The molecule has 0 saturated carbocycles. The lowest BCUT2D eigenvalue weighted by molar-refractivity contribution is -0.138. The van der Waals surface area contributed by atoms with E-state index in [1.165, 1.54) is 17.6 Å². The first-order valence-electron chi connectivity index (χ1n) is 5.85. The highest BCUT2D eigenvalue weighted by Gasteiger charge is 2.14. The molecule has 18 heavy (non-hydrogen) atoms. The number of thiophene rings is 1. The maximum Gasteiger partial charge on any atom is 0.343 e. The molecule has 1 aromatic rings. The number of rotatable bonds is 6. The normalized spacial score (nSPS) is 12.6. The molecule has 1 aromatic heterocycles. The van der Waals surface area contributed by atoms with Gasteiger partial charge in [-0.05, 0) is 30.9 Å². The van der Waals surface area contributed by atoms with Gasteiger partial charge in [0.2, 0.25) is 0 Å². The average Bonchev–Trinajstić information content (AvgIpc) is 2.83. The largest absolute Gasteiger partial charge is 0.511 e. The SMILES string of the molecule is CCCC(O)=C(C=Nc1cccs1)C(=O)OCC. The summed E-state index contributed by atoms with van der Waals surface area (Å²) in [4.78, 5) is 15.8. The van der Waals surface area contributed by atoms with Gasteiger partial charge in [-0.1, -0.05) is 6.92 Å². The molecule has 4 nitrogen and oxygen atoms in total. The van der Waals surface area contributed by atoms with Gasteiger partial charge in [0.15, 0.2) is 0 Å². The van der Waals surface area contributed by atoms with Gasteiger partial charge in [0.25, 0.3) is 0 Å². The van der Waals surface area contributed by atoms with Gasteiger partial charge < -0.3 is 9.84 Å². The van der Waals surface area contributed by atoms with Gasteiger partial charge in [-0.15, -0.1) is 11.3 Å². The molecule has 0 unspecified atom stereocenters. The van der Waals surface area contributed by atoms with E-state index in [1.807, 2.05) is 24.4 Å². The Labute approximate surface area is 111 Å². The molecule has 1 rings (SSSR count). The number of nitrogens with zero attached hydrogens (tertiary/aromatic N) is 1. The lowest BCUT2D eigenvalue weighted by Gasteiger charge is -2.05. The summed E-state index contributed by atoms with van der Waals surface area (Å²) in [5.41, 5.74) is 0.132. The minimum Gasteiger partial charge on any atom is -0.511 e. The van der Waals surface area contributed by atoms with Gasteiger partial charge in [0.05, 0.1) is 6.61 Å². The van der Waals surface area contributed by atoms with E-state index in [9.17, 15) is 9.90 Å². The summed E-state index contributed by atoms with van der Waals surface area (Å²) in [5, 5.41) is 12.5. The number of ether oxygens (including phenoxy) is 1. The molecule has 0 aliphatic rings. The van der Waals surface area contributed by atoms with Gasteiger partial charge in [-0.3, -0.25) is 0 Å². The number of allylic oxidation sites excluding steroid dienone is 1. The van der Waals surface area contributed by atoms with Crippen LogP contribution in [0.25, 0.3) is 0 Å². The van der Waals surface area contributed by atoms with Crippen molar-refractivity contribution in [3.63, 3.8) is 0 Å². The van der Waals surface area contributed by atoms with E-state index in [2.05, 4.69) is 4.99 Å². The van der Waals surface area contributed by atoms with Crippen LogP contribution in [0, 0.1) is 0 Å². The van der Waals surface area contributed by atoms with Crippen molar-refractivity contribution in [3.8, 4) is 0 Å². The van der Waals surface area contributed by atoms with Crippen LogP contribution in [0.3, 0.4) is 0 Å². The zero-order chi connectivity index (χ0) is 13.4. The number of carbonyl (C=O) groups excluding carboxylic acids is 1. The van der Waals surface area contributed by atoms with Crippen LogP contribution in [0.2, 0.25) is 0 Å². The topological polar surface area (TPSA) is 58.9 Å². The van der Waals surface area contributed by atoms with E-state index in [0.29, 0.717) is 6.42 Å². The number of aliphatic hydroxyl groups excluding tert-OH is 1. The van der Waals surface area contributed by atoms with Crippen molar-refractivity contribution in [1.82, 2.24) is 0 Å². The van der Waals surface area contributed by atoms with E-state index < -0.39 is 5.97 Å². The summed E-state index contributed by atoms with van der Waals surface area (Å²) in [6, 6.07) is 3.71. The highest BCUT2D eigenvalue weighted by molar-refractivity contribution is 7.13. The van der Waals surface area contributed by atoms with E-state index in [-0.39, 0.29) is 17.9 Å². The van der Waals surface area contributed by atoms with Crippen LogP contribution in [0.1, 0.15) is 26.7 Å². The first-order valence-corrected chi connectivity index (χ1v) is 6.73. The number of carbonyl (C=O) groups is 1. The summed E-state index contributed by atoms with van der Waals surface area (Å²) in [5.74, 6) is -0.514. The van der Waals surface area contributed by atoms with Crippen LogP contribution >= 0.6 is 11.3 Å². The lowest BCUT2D eigenvalue weighted by Crippen LogP contribution is -2.11. The highest BCUT2D eigenvalue weighted by atomic mass is 32.1. The number of aliphatic hydroxyl groups is 1. The molecule has 98 valence electrons. The first kappa shape index (κ1) is 14.4. The van der Waals surface area contributed by atoms with Gasteiger partial charge in [0, 0.05) is 12.6 Å². The van der Waals surface area contributed by atoms with Crippen molar-refractivity contribution < 1.29 is 14.6 Å². The van der Waals surface area contributed by atoms with Gasteiger partial charge >= 0.3 is 5.97 Å². The molecule has 0 aromatic carbocycles. The van der Waals surface area contributed by atoms with E-state index in [0.717, 1.165) is 11.4 Å². The maximum absolute atomic E-state index is 11.7. The van der Waals surface area contributed by atoms with Gasteiger partial charge in [-0.2, -0.15) is 0 Å². The van der Waals surface area contributed by atoms with E-state index >= 15 is 0 Å². The van der Waals surface area contributed by atoms with Crippen LogP contribution in [0.4, 0.5) is 5.00 Å². The molecular formula is C13H17NO3S. The Bertz CT molecular complexity index is 435. The smallest absolute Gasteiger partial charge is 0.343 e. The van der Waals surface area contributed by atoms with E-state index in [4.69, 9.17) is 4.74 Å². The van der Waals surface area contributed by atoms with Crippen LogP contribution in [-0.2, 0) is 9.53 Å². The molecule has 1 heterocycles. The second-order valence-corrected chi connectivity index (χ2v) is 4.47. The van der Waals surface area contributed by atoms with Crippen molar-refractivity contribution in [2.45, 2.75) is 26.7 Å². The van der Waals surface area contributed by atoms with Crippen LogP contribution in [0.5, 0.6) is 0 Å². The molecule has 1 N–H and O–H groups in total. The molecular weight excluding hydrogens is 250 g/mol. The Hall–Kier alpha value is -1.62. The molecule has 0 amide bonds. The summed E-state index contributed by atoms with van der Waals surface area (Å²) < 4.78 is 4.90. The monoisotopic (exact) mass is 267 g/mol. The summed E-state index contributed by atoms with van der Waals surface area (Å²) in [6.07, 6.45) is 2.56. The number of esters is 1. The van der Waals surface area contributed by atoms with Crippen LogP contribution in [-0.4, -0.2) is 23.9 Å². The highest BCUT2D eigenvalue weighted by Crippen LogP contribution is 2.19. The lowest BCUT2D eigenvalue weighted by atomic mass is 10.2. The fourth-order valence-electron chi connectivity index (χ4n) is 1.30. The third-order valence-corrected chi connectivity index (χ3v) is 2.90. The molecule has 0 radical (unpaired) electrons. The van der Waals surface area contributed by atoms with Crippen molar-refractivity contribution in [1.29, 1.82) is 0 Å². The summed E-state index contributed by atoms with van der Waals surface area (Å²) >= 11 is 1.46. The predicted octanol–water partition coefficient (Wildman–Crippen LogP) is 3.63. The fourth-order valence-corrected chi connectivity index (χ4v) is 1.86. The van der Waals surface area contributed by atoms with E-state index in [1.54, 1.807) is 6.92 Å². The minimum absolute atomic E-state index is 0.0243.